The van der Waals surface area contributed by atoms with E-state index in [0.29, 0.717) is 42.9 Å². The summed E-state index contributed by atoms with van der Waals surface area (Å²) in [6, 6.07) is 2.82. The number of nitrogens with zero attached hydrogens (tertiary/aromatic N) is 1. The van der Waals surface area contributed by atoms with E-state index in [1.165, 1.54) is 19.2 Å². The van der Waals surface area contributed by atoms with E-state index in [9.17, 15) is 9.18 Å². The van der Waals surface area contributed by atoms with Crippen molar-refractivity contribution >= 4 is 5.91 Å². The number of carbonyl (C=O) groups excluding carboxylic acids is 1. The molecule has 2 rings (SSSR count). The molecule has 1 aromatic rings. The first-order valence-corrected chi connectivity index (χ1v) is 5.53. The largest absolute Gasteiger partial charge is 0.496 e. The van der Waals surface area contributed by atoms with Crippen molar-refractivity contribution in [3.05, 3.63) is 29.1 Å². The molecule has 17 heavy (non-hydrogen) atoms. The summed E-state index contributed by atoms with van der Waals surface area (Å²) < 4.78 is 18.7. The lowest BCUT2D eigenvalue weighted by Gasteiger charge is -2.29. The van der Waals surface area contributed by atoms with Gasteiger partial charge in [-0.2, -0.15) is 0 Å². The van der Waals surface area contributed by atoms with E-state index >= 15 is 0 Å². The fourth-order valence-corrected chi connectivity index (χ4v) is 2.13. The molecule has 1 aliphatic heterocycles. The van der Waals surface area contributed by atoms with Gasteiger partial charge in [-0.05, 0) is 18.6 Å². The van der Waals surface area contributed by atoms with Gasteiger partial charge in [-0.1, -0.05) is 0 Å². The summed E-state index contributed by atoms with van der Waals surface area (Å²) in [5.74, 6) is -0.122. The Hall–Kier alpha value is -1.62. The van der Waals surface area contributed by atoms with Crippen molar-refractivity contribution in [2.45, 2.75) is 6.42 Å². The van der Waals surface area contributed by atoms with E-state index in [1.807, 2.05) is 0 Å². The molecule has 0 bridgehead atoms. The number of methoxy groups -OCH3 is 1. The number of halogens is 1. The van der Waals surface area contributed by atoms with Crippen LogP contribution >= 0.6 is 0 Å². The number of rotatable bonds is 3. The molecule has 0 radical (unpaired) electrons. The molecule has 0 spiro atoms. The molecule has 5 heteroatoms. The molecular formula is C12H15FN2O2. The molecule has 1 aliphatic rings. The van der Waals surface area contributed by atoms with Crippen LogP contribution in [0, 0.1) is 5.82 Å². The lowest BCUT2D eigenvalue weighted by Crippen LogP contribution is -2.41. The molecule has 1 amide bonds. The summed E-state index contributed by atoms with van der Waals surface area (Å²) in [5.41, 5.74) is 6.23. The van der Waals surface area contributed by atoms with E-state index in [2.05, 4.69) is 0 Å². The summed E-state index contributed by atoms with van der Waals surface area (Å²) in [4.78, 5) is 13.8. The predicted octanol–water partition coefficient (Wildman–Crippen LogP) is 0.791. The highest BCUT2D eigenvalue weighted by Gasteiger charge is 2.29. The predicted molar refractivity (Wildman–Crippen MR) is 61.6 cm³/mol. The van der Waals surface area contributed by atoms with Gasteiger partial charge in [-0.25, -0.2) is 4.39 Å². The second-order valence-electron chi connectivity index (χ2n) is 3.93. The Morgan fingerprint density at radius 3 is 2.94 bits per heavy atom. The van der Waals surface area contributed by atoms with Gasteiger partial charge in [0.05, 0.1) is 12.7 Å². The molecule has 0 saturated carbocycles. The Kier molecular flexibility index (Phi) is 3.28. The zero-order chi connectivity index (χ0) is 12.4. The van der Waals surface area contributed by atoms with E-state index in [0.717, 1.165) is 0 Å². The molecule has 0 aliphatic carbocycles. The van der Waals surface area contributed by atoms with Crippen LogP contribution in [0.3, 0.4) is 0 Å². The number of fused-ring (bicyclic) bond motifs is 1. The average molecular weight is 238 g/mol. The first-order valence-electron chi connectivity index (χ1n) is 5.53. The minimum absolute atomic E-state index is 0.201. The molecular weight excluding hydrogens is 223 g/mol. The van der Waals surface area contributed by atoms with Gasteiger partial charge in [0, 0.05) is 25.2 Å². The Morgan fingerprint density at radius 2 is 2.29 bits per heavy atom. The minimum atomic E-state index is -0.346. The van der Waals surface area contributed by atoms with Crippen LogP contribution < -0.4 is 10.5 Å². The topological polar surface area (TPSA) is 55.6 Å². The number of hydrogen-bond acceptors (Lipinski definition) is 3. The van der Waals surface area contributed by atoms with Crippen molar-refractivity contribution in [3.63, 3.8) is 0 Å². The maximum Gasteiger partial charge on any atom is 0.258 e. The van der Waals surface area contributed by atoms with Gasteiger partial charge in [0.25, 0.3) is 5.91 Å². The lowest BCUT2D eigenvalue weighted by atomic mass is 9.97. The van der Waals surface area contributed by atoms with Crippen LogP contribution in [0.1, 0.15) is 15.9 Å². The quantitative estimate of drug-likeness (QED) is 0.847. The number of carbonyl (C=O) groups is 1. The van der Waals surface area contributed by atoms with Crippen LogP contribution in [-0.2, 0) is 6.42 Å². The van der Waals surface area contributed by atoms with Crippen molar-refractivity contribution < 1.29 is 13.9 Å². The highest BCUT2D eigenvalue weighted by atomic mass is 19.1. The Balaban J connectivity index is 2.46. The summed E-state index contributed by atoms with van der Waals surface area (Å²) in [5, 5.41) is 0. The zero-order valence-corrected chi connectivity index (χ0v) is 9.70. The molecule has 0 fully saturated rings. The number of ether oxygens (including phenoxy) is 1. The van der Waals surface area contributed by atoms with Crippen molar-refractivity contribution in [3.8, 4) is 5.75 Å². The maximum absolute atomic E-state index is 13.6. The summed E-state index contributed by atoms with van der Waals surface area (Å²) >= 11 is 0. The standard InChI is InChI=1S/C12H15FN2O2/c1-17-10-3-2-9(13)8-4-6-15(7-5-14)12(16)11(8)10/h2-3H,4-7,14H2,1H3. The molecule has 2 N–H and O–H groups in total. The minimum Gasteiger partial charge on any atom is -0.496 e. The van der Waals surface area contributed by atoms with E-state index in [4.69, 9.17) is 10.5 Å². The normalized spacial score (nSPS) is 14.8. The third-order valence-corrected chi connectivity index (χ3v) is 2.97. The van der Waals surface area contributed by atoms with Crippen LogP contribution in [0.5, 0.6) is 5.75 Å². The van der Waals surface area contributed by atoms with Crippen LogP contribution in [0.4, 0.5) is 4.39 Å². The van der Waals surface area contributed by atoms with Gasteiger partial charge in [-0.15, -0.1) is 0 Å². The average Bonchev–Trinajstić information content (AvgIpc) is 2.34. The summed E-state index contributed by atoms with van der Waals surface area (Å²) in [6.07, 6.45) is 0.504. The van der Waals surface area contributed by atoms with Crippen molar-refractivity contribution in [2.75, 3.05) is 26.7 Å². The SMILES string of the molecule is COc1ccc(F)c2c1C(=O)N(CCN)CC2. The van der Waals surface area contributed by atoms with Gasteiger partial charge < -0.3 is 15.4 Å². The molecule has 1 heterocycles. The second-order valence-corrected chi connectivity index (χ2v) is 3.93. The summed E-state index contributed by atoms with van der Waals surface area (Å²) in [6.45, 7) is 1.39. The third kappa shape index (κ3) is 1.98. The Bertz CT molecular complexity index is 448. The summed E-state index contributed by atoms with van der Waals surface area (Å²) in [7, 11) is 1.47. The second kappa shape index (κ2) is 4.71. The highest BCUT2D eigenvalue weighted by molar-refractivity contribution is 5.99. The molecule has 4 nitrogen and oxygen atoms in total. The van der Waals surface area contributed by atoms with E-state index in [1.54, 1.807) is 4.90 Å². The Morgan fingerprint density at radius 1 is 1.53 bits per heavy atom. The van der Waals surface area contributed by atoms with Gasteiger partial charge in [-0.3, -0.25) is 4.79 Å². The van der Waals surface area contributed by atoms with Crippen molar-refractivity contribution in [1.29, 1.82) is 0 Å². The number of benzene rings is 1. The zero-order valence-electron chi connectivity index (χ0n) is 9.70. The first-order chi connectivity index (χ1) is 8.19. The molecule has 0 aromatic heterocycles. The van der Waals surface area contributed by atoms with Crippen LogP contribution in [0.15, 0.2) is 12.1 Å². The number of hydrogen-bond donors (Lipinski definition) is 1. The molecule has 0 unspecified atom stereocenters. The Labute approximate surface area is 99.2 Å². The number of nitrogens with two attached hydrogens (primary N) is 1. The van der Waals surface area contributed by atoms with Crippen LogP contribution in [0.2, 0.25) is 0 Å². The van der Waals surface area contributed by atoms with Crippen molar-refractivity contribution in [1.82, 2.24) is 4.90 Å². The fourth-order valence-electron chi connectivity index (χ4n) is 2.13. The number of amides is 1. The first kappa shape index (κ1) is 11.9. The lowest BCUT2D eigenvalue weighted by molar-refractivity contribution is 0.0739. The molecule has 1 aromatic carbocycles. The van der Waals surface area contributed by atoms with Gasteiger partial charge >= 0.3 is 0 Å². The van der Waals surface area contributed by atoms with E-state index in [-0.39, 0.29) is 11.7 Å². The third-order valence-electron chi connectivity index (χ3n) is 2.97. The molecule has 0 atom stereocenters. The molecule has 92 valence electrons. The highest BCUT2D eigenvalue weighted by Crippen LogP contribution is 2.29. The smallest absolute Gasteiger partial charge is 0.258 e. The van der Waals surface area contributed by atoms with Crippen LogP contribution in [0.25, 0.3) is 0 Å². The van der Waals surface area contributed by atoms with Gasteiger partial charge in [0.2, 0.25) is 0 Å². The monoisotopic (exact) mass is 238 g/mol. The van der Waals surface area contributed by atoms with E-state index < -0.39 is 0 Å². The van der Waals surface area contributed by atoms with Crippen molar-refractivity contribution in [2.24, 2.45) is 5.73 Å². The fraction of sp³-hybridized carbons (Fsp3) is 0.417. The maximum atomic E-state index is 13.6. The molecule has 0 saturated heterocycles. The van der Waals surface area contributed by atoms with Crippen LogP contribution in [-0.4, -0.2) is 37.6 Å². The van der Waals surface area contributed by atoms with Gasteiger partial charge in [0.1, 0.15) is 11.6 Å². The van der Waals surface area contributed by atoms with Gasteiger partial charge in [0.15, 0.2) is 0 Å².